The minimum atomic E-state index is -0.634. The summed E-state index contributed by atoms with van der Waals surface area (Å²) < 4.78 is 7.06. The minimum absolute atomic E-state index is 0.143. The first-order valence-electron chi connectivity index (χ1n) is 10.5. The number of rotatable bonds is 6. The number of ether oxygens (including phenoxy) is 1. The van der Waals surface area contributed by atoms with E-state index in [9.17, 15) is 14.7 Å². The first kappa shape index (κ1) is 21.7. The van der Waals surface area contributed by atoms with Gasteiger partial charge in [-0.25, -0.2) is 0 Å². The number of thiophene rings is 1. The molecule has 0 aliphatic carbocycles. The molecular weight excluding hydrogens is 416 g/mol. The summed E-state index contributed by atoms with van der Waals surface area (Å²) in [6.07, 6.45) is 0.750. The van der Waals surface area contributed by atoms with Gasteiger partial charge in [-0.1, -0.05) is 6.07 Å². The molecule has 2 saturated heterocycles. The maximum atomic E-state index is 13.1. The van der Waals surface area contributed by atoms with Crippen LogP contribution >= 0.6 is 11.3 Å². The second-order valence-corrected chi connectivity index (χ2v) is 8.96. The Morgan fingerprint density at radius 2 is 2.00 bits per heavy atom. The SMILES string of the molecule is Cc1nn(C)c(C)c1/C(O)=C1\C(=O)C(=O)N(CCCN2CCOCC2)[C@@H]1c1cccs1. The van der Waals surface area contributed by atoms with Crippen molar-refractivity contribution in [2.45, 2.75) is 26.3 Å². The molecular formula is C22H28N4O4S. The quantitative estimate of drug-likeness (QED) is 0.418. The van der Waals surface area contributed by atoms with Crippen LogP contribution in [0.25, 0.3) is 5.76 Å². The number of aromatic nitrogens is 2. The third-order valence-electron chi connectivity index (χ3n) is 6.08. The van der Waals surface area contributed by atoms with Crippen molar-refractivity contribution in [1.29, 1.82) is 0 Å². The van der Waals surface area contributed by atoms with Crippen molar-refractivity contribution >= 4 is 28.8 Å². The van der Waals surface area contributed by atoms with Gasteiger partial charge < -0.3 is 14.7 Å². The summed E-state index contributed by atoms with van der Waals surface area (Å²) in [4.78, 5) is 30.9. The van der Waals surface area contributed by atoms with Crippen molar-refractivity contribution in [3.05, 3.63) is 44.9 Å². The summed E-state index contributed by atoms with van der Waals surface area (Å²) in [6.45, 7) is 8.14. The van der Waals surface area contributed by atoms with E-state index in [1.54, 1.807) is 23.6 Å². The van der Waals surface area contributed by atoms with Gasteiger partial charge in [-0.15, -0.1) is 11.3 Å². The van der Waals surface area contributed by atoms with Gasteiger partial charge in [0.15, 0.2) is 0 Å². The number of aryl methyl sites for hydroxylation is 2. The minimum Gasteiger partial charge on any atom is -0.507 e. The Bertz CT molecular complexity index is 1010. The molecule has 2 aromatic rings. The largest absolute Gasteiger partial charge is 0.507 e. The van der Waals surface area contributed by atoms with E-state index in [4.69, 9.17) is 4.74 Å². The highest BCUT2D eigenvalue weighted by molar-refractivity contribution is 7.10. The van der Waals surface area contributed by atoms with Crippen molar-refractivity contribution in [3.8, 4) is 0 Å². The lowest BCUT2D eigenvalue weighted by Gasteiger charge is -2.28. The first-order chi connectivity index (χ1) is 14.9. The monoisotopic (exact) mass is 444 g/mol. The number of Topliss-reactive ketones (excluding diaryl/α,β-unsaturated/α-hetero) is 1. The predicted octanol–water partition coefficient (Wildman–Crippen LogP) is 2.24. The number of carbonyl (C=O) groups is 2. The van der Waals surface area contributed by atoms with Gasteiger partial charge in [0, 0.05) is 43.8 Å². The van der Waals surface area contributed by atoms with Crippen molar-refractivity contribution in [2.75, 3.05) is 39.4 Å². The third-order valence-corrected chi connectivity index (χ3v) is 7.00. The molecule has 1 atom stereocenters. The van der Waals surface area contributed by atoms with Gasteiger partial charge in [-0.05, 0) is 31.7 Å². The maximum absolute atomic E-state index is 13.1. The van der Waals surface area contributed by atoms with Crippen LogP contribution in [0.1, 0.15) is 34.3 Å². The fourth-order valence-corrected chi connectivity index (χ4v) is 5.24. The number of hydrogen-bond acceptors (Lipinski definition) is 7. The van der Waals surface area contributed by atoms with E-state index < -0.39 is 17.7 Å². The van der Waals surface area contributed by atoms with Crippen LogP contribution in [0.4, 0.5) is 0 Å². The summed E-state index contributed by atoms with van der Waals surface area (Å²) >= 11 is 1.48. The van der Waals surface area contributed by atoms with E-state index in [-0.39, 0.29) is 11.3 Å². The molecule has 2 aromatic heterocycles. The van der Waals surface area contributed by atoms with Crippen LogP contribution in [0.3, 0.4) is 0 Å². The molecule has 2 fully saturated rings. The number of aliphatic hydroxyl groups excluding tert-OH is 1. The van der Waals surface area contributed by atoms with Crippen molar-refractivity contribution in [2.24, 2.45) is 7.05 Å². The maximum Gasteiger partial charge on any atom is 0.295 e. The summed E-state index contributed by atoms with van der Waals surface area (Å²) in [5.74, 6) is -1.33. The molecule has 0 unspecified atom stereocenters. The van der Waals surface area contributed by atoms with E-state index >= 15 is 0 Å². The Labute approximate surface area is 185 Å². The van der Waals surface area contributed by atoms with Crippen LogP contribution in [-0.2, 0) is 21.4 Å². The Morgan fingerprint density at radius 3 is 2.61 bits per heavy atom. The summed E-state index contributed by atoms with van der Waals surface area (Å²) in [7, 11) is 1.79. The van der Waals surface area contributed by atoms with Crippen LogP contribution < -0.4 is 0 Å². The number of hydrogen-bond donors (Lipinski definition) is 1. The lowest BCUT2D eigenvalue weighted by molar-refractivity contribution is -0.140. The number of likely N-dealkylation sites (tertiary alicyclic amines) is 1. The molecule has 2 aliphatic rings. The second kappa shape index (κ2) is 8.94. The van der Waals surface area contributed by atoms with Crippen molar-refractivity contribution in [3.63, 3.8) is 0 Å². The van der Waals surface area contributed by atoms with Crippen LogP contribution in [-0.4, -0.2) is 75.8 Å². The van der Waals surface area contributed by atoms with Crippen LogP contribution in [0.15, 0.2) is 23.1 Å². The highest BCUT2D eigenvalue weighted by atomic mass is 32.1. The highest BCUT2D eigenvalue weighted by Crippen LogP contribution is 2.41. The zero-order chi connectivity index (χ0) is 22.1. The molecule has 0 radical (unpaired) electrons. The van der Waals surface area contributed by atoms with Gasteiger partial charge in [0.2, 0.25) is 0 Å². The van der Waals surface area contributed by atoms with Crippen molar-refractivity contribution in [1.82, 2.24) is 19.6 Å². The van der Waals surface area contributed by atoms with Gasteiger partial charge in [-0.3, -0.25) is 19.2 Å². The average Bonchev–Trinajstić information content (AvgIpc) is 3.43. The molecule has 4 heterocycles. The lowest BCUT2D eigenvalue weighted by atomic mass is 9.99. The highest BCUT2D eigenvalue weighted by Gasteiger charge is 2.46. The molecule has 0 aromatic carbocycles. The average molecular weight is 445 g/mol. The summed E-state index contributed by atoms with van der Waals surface area (Å²) in [5.41, 5.74) is 2.05. The van der Waals surface area contributed by atoms with Crippen molar-refractivity contribution < 1.29 is 19.4 Å². The van der Waals surface area contributed by atoms with E-state index in [0.717, 1.165) is 49.8 Å². The number of carbonyl (C=O) groups excluding carboxylic acids is 2. The Hall–Kier alpha value is -2.49. The van der Waals surface area contributed by atoms with Crippen LogP contribution in [0.2, 0.25) is 0 Å². The molecule has 0 saturated carbocycles. The van der Waals surface area contributed by atoms with E-state index in [1.807, 2.05) is 24.4 Å². The third kappa shape index (κ3) is 4.05. The Kier molecular flexibility index (Phi) is 6.27. The van der Waals surface area contributed by atoms with Gasteiger partial charge in [0.05, 0.1) is 36.1 Å². The molecule has 1 amide bonds. The van der Waals surface area contributed by atoms with Gasteiger partial charge >= 0.3 is 0 Å². The zero-order valence-electron chi connectivity index (χ0n) is 18.1. The zero-order valence-corrected chi connectivity index (χ0v) is 18.9. The fraction of sp³-hybridized carbons (Fsp3) is 0.500. The smallest absolute Gasteiger partial charge is 0.295 e. The summed E-state index contributed by atoms with van der Waals surface area (Å²) in [5, 5.41) is 17.5. The molecule has 166 valence electrons. The number of nitrogens with zero attached hydrogens (tertiary/aromatic N) is 4. The second-order valence-electron chi connectivity index (χ2n) is 7.98. The number of amides is 1. The van der Waals surface area contributed by atoms with Gasteiger partial charge in [0.1, 0.15) is 5.76 Å². The molecule has 0 spiro atoms. The van der Waals surface area contributed by atoms with Gasteiger partial charge in [0.25, 0.3) is 11.7 Å². The normalized spacial score (nSPS) is 21.9. The molecule has 8 nitrogen and oxygen atoms in total. The Balaban J connectivity index is 1.66. The molecule has 0 bridgehead atoms. The lowest BCUT2D eigenvalue weighted by Crippen LogP contribution is -2.38. The fourth-order valence-electron chi connectivity index (χ4n) is 4.39. The van der Waals surface area contributed by atoms with Crippen LogP contribution in [0, 0.1) is 13.8 Å². The van der Waals surface area contributed by atoms with E-state index in [1.165, 1.54) is 11.3 Å². The molecule has 9 heteroatoms. The number of ketones is 1. The number of aliphatic hydroxyl groups is 1. The number of morpholine rings is 1. The van der Waals surface area contributed by atoms with E-state index in [2.05, 4.69) is 10.00 Å². The molecule has 4 rings (SSSR count). The first-order valence-corrected chi connectivity index (χ1v) is 11.4. The molecule has 2 aliphatic heterocycles. The Morgan fingerprint density at radius 1 is 1.26 bits per heavy atom. The summed E-state index contributed by atoms with van der Waals surface area (Å²) in [6, 6.07) is 3.23. The molecule has 31 heavy (non-hydrogen) atoms. The van der Waals surface area contributed by atoms with Gasteiger partial charge in [-0.2, -0.15) is 5.10 Å². The van der Waals surface area contributed by atoms with E-state index in [0.29, 0.717) is 17.8 Å². The predicted molar refractivity (Wildman–Crippen MR) is 118 cm³/mol. The standard InChI is InChI=1S/C22H28N4O4S/c1-14-17(15(2)24(3)23-14)20(27)18-19(16-6-4-13-31-16)26(22(29)21(18)28)8-5-7-25-9-11-30-12-10-25/h4,6,13,19,27H,5,7-12H2,1-3H3/b20-18+/t19-/m1/s1. The van der Waals surface area contributed by atoms with Crippen LogP contribution in [0.5, 0.6) is 0 Å². The molecule has 1 N–H and O–H groups in total. The topological polar surface area (TPSA) is 87.9 Å².